The average molecular weight is 262 g/mol. The zero-order valence-electron chi connectivity index (χ0n) is 12.8. The van der Waals surface area contributed by atoms with Crippen LogP contribution >= 0.6 is 0 Å². The van der Waals surface area contributed by atoms with Crippen molar-refractivity contribution in [3.63, 3.8) is 0 Å². The van der Waals surface area contributed by atoms with Gasteiger partial charge in [-0.3, -0.25) is 9.59 Å². The predicted molar refractivity (Wildman–Crippen MR) is 80.1 cm³/mol. The molecule has 2 nitrogen and oxygen atoms in total. The summed E-state index contributed by atoms with van der Waals surface area (Å²) in [4.78, 5) is 22.7. The molecule has 0 spiro atoms. The lowest BCUT2D eigenvalue weighted by Gasteiger charge is -2.16. The molecule has 0 aromatic heterocycles. The quantitative estimate of drug-likeness (QED) is 0.724. The van der Waals surface area contributed by atoms with E-state index in [2.05, 4.69) is 19.1 Å². The third-order valence-electron chi connectivity index (χ3n) is 3.05. The first-order chi connectivity index (χ1) is 9.00. The van der Waals surface area contributed by atoms with E-state index in [9.17, 15) is 9.59 Å². The highest BCUT2D eigenvalue weighted by molar-refractivity contribution is 6.00. The Balaban J connectivity index is 0.00000154. The highest BCUT2D eigenvalue weighted by atomic mass is 16.1. The monoisotopic (exact) mass is 262 g/mol. The van der Waals surface area contributed by atoms with Crippen LogP contribution in [0.25, 0.3) is 0 Å². The highest BCUT2D eigenvalue weighted by Crippen LogP contribution is 2.18. The Morgan fingerprint density at radius 1 is 1.00 bits per heavy atom. The maximum Gasteiger partial charge on any atom is 0.140 e. The maximum atomic E-state index is 11.4. The molecule has 0 fully saturated rings. The zero-order valence-corrected chi connectivity index (χ0v) is 12.8. The summed E-state index contributed by atoms with van der Waals surface area (Å²) < 4.78 is 0. The molecule has 1 rings (SSSR count). The van der Waals surface area contributed by atoms with E-state index in [1.165, 1.54) is 19.4 Å². The van der Waals surface area contributed by atoms with Crippen molar-refractivity contribution >= 4 is 11.6 Å². The third-order valence-corrected chi connectivity index (χ3v) is 3.05. The van der Waals surface area contributed by atoms with Gasteiger partial charge in [-0.15, -0.1) is 0 Å². The Morgan fingerprint density at radius 3 is 1.89 bits per heavy atom. The molecule has 0 unspecified atom stereocenters. The van der Waals surface area contributed by atoms with Gasteiger partial charge in [-0.05, 0) is 38.2 Å². The van der Waals surface area contributed by atoms with Crippen LogP contribution in [0, 0.1) is 11.8 Å². The minimum Gasteiger partial charge on any atom is -0.299 e. The van der Waals surface area contributed by atoms with Crippen LogP contribution in [0.3, 0.4) is 0 Å². The molecular weight excluding hydrogens is 236 g/mol. The molecule has 0 saturated carbocycles. The standard InChI is InChI=1S/C15H20O2.C2H6/c1-11(9-14-7-5-4-6-8-14)10-15(12(2)16)13(3)17;1-2/h4-8,11,15H,9-10H2,1-3H3;1-2H3/t11-;/m0./s1. The maximum absolute atomic E-state index is 11.4. The first kappa shape index (κ1) is 17.6. The van der Waals surface area contributed by atoms with Crippen molar-refractivity contribution in [1.29, 1.82) is 0 Å². The fourth-order valence-electron chi connectivity index (χ4n) is 2.12. The first-order valence-electron chi connectivity index (χ1n) is 7.05. The normalized spacial score (nSPS) is 11.5. The molecule has 2 heteroatoms. The van der Waals surface area contributed by atoms with Crippen LogP contribution in [0.5, 0.6) is 0 Å². The van der Waals surface area contributed by atoms with E-state index in [0.29, 0.717) is 12.3 Å². The topological polar surface area (TPSA) is 34.1 Å². The van der Waals surface area contributed by atoms with Gasteiger partial charge in [0.15, 0.2) is 0 Å². The minimum atomic E-state index is -0.422. The molecule has 0 N–H and O–H groups in total. The molecular formula is C17H26O2. The molecule has 0 radical (unpaired) electrons. The van der Waals surface area contributed by atoms with Gasteiger partial charge >= 0.3 is 0 Å². The Morgan fingerprint density at radius 2 is 1.47 bits per heavy atom. The smallest absolute Gasteiger partial charge is 0.140 e. The lowest BCUT2D eigenvalue weighted by Crippen LogP contribution is -2.22. The number of benzene rings is 1. The number of Topliss-reactive ketones (excluding diaryl/α,β-unsaturated/α-hetero) is 2. The van der Waals surface area contributed by atoms with Gasteiger partial charge in [-0.25, -0.2) is 0 Å². The fraction of sp³-hybridized carbons (Fsp3) is 0.529. The van der Waals surface area contributed by atoms with Gasteiger partial charge in [0.25, 0.3) is 0 Å². The van der Waals surface area contributed by atoms with Crippen LogP contribution in [-0.2, 0) is 16.0 Å². The predicted octanol–water partition coefficient (Wildman–Crippen LogP) is 4.08. The Bertz CT molecular complexity index is 368. The van der Waals surface area contributed by atoms with Crippen LogP contribution in [-0.4, -0.2) is 11.6 Å². The van der Waals surface area contributed by atoms with Crippen LogP contribution < -0.4 is 0 Å². The second-order valence-corrected chi connectivity index (χ2v) is 4.80. The Kier molecular flexibility index (Phi) is 8.77. The van der Waals surface area contributed by atoms with Crippen molar-refractivity contribution < 1.29 is 9.59 Å². The number of rotatable bonds is 6. The second-order valence-electron chi connectivity index (χ2n) is 4.80. The molecule has 0 bridgehead atoms. The molecule has 0 amide bonds. The summed E-state index contributed by atoms with van der Waals surface area (Å²) in [7, 11) is 0. The van der Waals surface area contributed by atoms with E-state index in [4.69, 9.17) is 0 Å². The molecule has 1 aromatic rings. The summed E-state index contributed by atoms with van der Waals surface area (Å²) in [6.07, 6.45) is 1.57. The first-order valence-corrected chi connectivity index (χ1v) is 7.05. The summed E-state index contributed by atoms with van der Waals surface area (Å²) >= 11 is 0. The molecule has 0 aliphatic carbocycles. The van der Waals surface area contributed by atoms with E-state index in [1.54, 1.807) is 0 Å². The average Bonchev–Trinajstić information content (AvgIpc) is 2.39. The van der Waals surface area contributed by atoms with Crippen LogP contribution in [0.15, 0.2) is 30.3 Å². The molecule has 106 valence electrons. The molecule has 0 heterocycles. The minimum absolute atomic E-state index is 0.0163. The van der Waals surface area contributed by atoms with Crippen LogP contribution in [0.2, 0.25) is 0 Å². The van der Waals surface area contributed by atoms with E-state index in [1.807, 2.05) is 32.0 Å². The summed E-state index contributed by atoms with van der Waals surface area (Å²) in [6.45, 7) is 9.09. The van der Waals surface area contributed by atoms with Gasteiger partial charge in [0.2, 0.25) is 0 Å². The summed E-state index contributed by atoms with van der Waals surface area (Å²) in [5.41, 5.74) is 1.26. The van der Waals surface area contributed by atoms with Crippen molar-refractivity contribution in [2.24, 2.45) is 11.8 Å². The summed E-state index contributed by atoms with van der Waals surface area (Å²) in [5.74, 6) is -0.112. The van der Waals surface area contributed by atoms with Crippen molar-refractivity contribution in [3.05, 3.63) is 35.9 Å². The molecule has 0 aliphatic rings. The fourth-order valence-corrected chi connectivity index (χ4v) is 2.12. The zero-order chi connectivity index (χ0) is 14.8. The van der Waals surface area contributed by atoms with Crippen molar-refractivity contribution in [2.45, 2.75) is 47.5 Å². The van der Waals surface area contributed by atoms with E-state index in [0.717, 1.165) is 6.42 Å². The molecule has 19 heavy (non-hydrogen) atoms. The van der Waals surface area contributed by atoms with E-state index >= 15 is 0 Å². The highest BCUT2D eigenvalue weighted by Gasteiger charge is 2.21. The number of carbonyl (C=O) groups excluding carboxylic acids is 2. The Labute approximate surface area is 117 Å². The van der Waals surface area contributed by atoms with Crippen molar-refractivity contribution in [3.8, 4) is 0 Å². The molecule has 1 atom stereocenters. The third kappa shape index (κ3) is 6.90. The molecule has 1 aromatic carbocycles. The van der Waals surface area contributed by atoms with Gasteiger partial charge < -0.3 is 0 Å². The van der Waals surface area contributed by atoms with Gasteiger partial charge in [-0.2, -0.15) is 0 Å². The van der Waals surface area contributed by atoms with Crippen molar-refractivity contribution in [1.82, 2.24) is 0 Å². The summed E-state index contributed by atoms with van der Waals surface area (Å²) in [5, 5.41) is 0. The SMILES string of the molecule is CC.CC(=O)C(C[C@@H](C)Cc1ccccc1)C(C)=O. The van der Waals surface area contributed by atoms with Gasteiger partial charge in [0.1, 0.15) is 11.6 Å². The van der Waals surface area contributed by atoms with Crippen molar-refractivity contribution in [2.75, 3.05) is 0 Å². The van der Waals surface area contributed by atoms with E-state index < -0.39 is 5.92 Å². The van der Waals surface area contributed by atoms with Gasteiger partial charge in [0.05, 0.1) is 5.92 Å². The number of carbonyl (C=O) groups is 2. The molecule has 0 saturated heterocycles. The van der Waals surface area contributed by atoms with Crippen LogP contribution in [0.1, 0.15) is 46.6 Å². The molecule has 0 aliphatic heterocycles. The lowest BCUT2D eigenvalue weighted by atomic mass is 9.87. The second kappa shape index (κ2) is 9.48. The van der Waals surface area contributed by atoms with Crippen LogP contribution in [0.4, 0.5) is 0 Å². The van der Waals surface area contributed by atoms with Gasteiger partial charge in [0, 0.05) is 0 Å². The number of hydrogen-bond acceptors (Lipinski definition) is 2. The summed E-state index contributed by atoms with van der Waals surface area (Å²) in [6, 6.07) is 10.2. The van der Waals surface area contributed by atoms with Gasteiger partial charge in [-0.1, -0.05) is 51.1 Å². The largest absolute Gasteiger partial charge is 0.299 e. The Hall–Kier alpha value is -1.44. The number of hydrogen-bond donors (Lipinski definition) is 0. The van der Waals surface area contributed by atoms with E-state index in [-0.39, 0.29) is 11.6 Å². The lowest BCUT2D eigenvalue weighted by molar-refractivity contribution is -0.131. The number of ketones is 2.